The maximum absolute atomic E-state index is 12.8. The van der Waals surface area contributed by atoms with Gasteiger partial charge in [0.05, 0.1) is 0 Å². The Morgan fingerprint density at radius 3 is 2.43 bits per heavy atom. The van der Waals surface area contributed by atoms with E-state index in [1.54, 1.807) is 11.8 Å². The first-order chi connectivity index (χ1) is 13.3. The Morgan fingerprint density at radius 1 is 1.14 bits per heavy atom. The summed E-state index contributed by atoms with van der Waals surface area (Å²) < 4.78 is 5.90. The number of benzene rings is 1. The predicted octanol–water partition coefficient (Wildman–Crippen LogP) is 2.26. The zero-order valence-electron chi connectivity index (χ0n) is 17.3. The summed E-state index contributed by atoms with van der Waals surface area (Å²) in [6.45, 7) is 8.10. The van der Waals surface area contributed by atoms with E-state index in [-0.39, 0.29) is 17.9 Å². The van der Waals surface area contributed by atoms with Crippen LogP contribution in [0.25, 0.3) is 0 Å². The Hall–Kier alpha value is -2.08. The second-order valence-electron chi connectivity index (χ2n) is 8.29. The van der Waals surface area contributed by atoms with Crippen molar-refractivity contribution in [3.8, 4) is 5.75 Å². The molecule has 3 rings (SSSR count). The van der Waals surface area contributed by atoms with Gasteiger partial charge in [0.2, 0.25) is 5.91 Å². The summed E-state index contributed by atoms with van der Waals surface area (Å²) in [6, 6.07) is 6.11. The number of ether oxygens (including phenoxy) is 1. The Balaban J connectivity index is 1.48. The molecule has 154 valence electrons. The molecule has 1 unspecified atom stereocenters. The molecule has 2 aliphatic rings. The molecule has 6 nitrogen and oxygen atoms in total. The lowest BCUT2D eigenvalue weighted by atomic mass is 9.99. The van der Waals surface area contributed by atoms with Crippen LogP contribution in [0.5, 0.6) is 5.75 Å². The van der Waals surface area contributed by atoms with Gasteiger partial charge in [0.1, 0.15) is 5.75 Å². The lowest BCUT2D eigenvalue weighted by Crippen LogP contribution is -2.53. The average Bonchev–Trinajstić information content (AvgIpc) is 3.08. The van der Waals surface area contributed by atoms with Gasteiger partial charge in [-0.3, -0.25) is 9.59 Å². The van der Waals surface area contributed by atoms with Gasteiger partial charge in [0, 0.05) is 38.6 Å². The topological polar surface area (TPSA) is 75.9 Å². The highest BCUT2D eigenvalue weighted by atomic mass is 16.5. The van der Waals surface area contributed by atoms with Gasteiger partial charge >= 0.3 is 0 Å². The minimum atomic E-state index is -0.542. The van der Waals surface area contributed by atoms with E-state index in [2.05, 4.69) is 0 Å². The molecule has 2 N–H and O–H groups in total. The molecule has 1 aromatic rings. The summed E-state index contributed by atoms with van der Waals surface area (Å²) in [5.41, 5.74) is 8.29. The van der Waals surface area contributed by atoms with Gasteiger partial charge in [-0.25, -0.2) is 0 Å². The van der Waals surface area contributed by atoms with Gasteiger partial charge in [0.15, 0.2) is 6.10 Å². The fourth-order valence-corrected chi connectivity index (χ4v) is 4.28. The number of hydrogen-bond acceptors (Lipinski definition) is 4. The molecule has 3 atom stereocenters. The monoisotopic (exact) mass is 387 g/mol. The fraction of sp³-hybridized carbons (Fsp3) is 0.636. The molecule has 1 heterocycles. The third-order valence-electron chi connectivity index (χ3n) is 6.08. The third kappa shape index (κ3) is 4.85. The van der Waals surface area contributed by atoms with Crippen LogP contribution in [0.2, 0.25) is 0 Å². The largest absolute Gasteiger partial charge is 0.481 e. The summed E-state index contributed by atoms with van der Waals surface area (Å²) in [7, 11) is 0. The molecular formula is C22H33N3O3. The molecule has 0 bridgehead atoms. The van der Waals surface area contributed by atoms with E-state index < -0.39 is 6.10 Å². The number of amides is 2. The molecule has 1 saturated carbocycles. The fourth-order valence-electron chi connectivity index (χ4n) is 4.28. The van der Waals surface area contributed by atoms with Gasteiger partial charge in [-0.1, -0.05) is 24.1 Å². The molecular weight excluding hydrogens is 354 g/mol. The zero-order valence-corrected chi connectivity index (χ0v) is 17.3. The van der Waals surface area contributed by atoms with Crippen LogP contribution in [0.4, 0.5) is 0 Å². The van der Waals surface area contributed by atoms with Crippen molar-refractivity contribution in [2.24, 2.45) is 11.7 Å². The maximum Gasteiger partial charge on any atom is 0.263 e. The lowest BCUT2D eigenvalue weighted by Gasteiger charge is -2.36. The van der Waals surface area contributed by atoms with Crippen LogP contribution in [-0.2, 0) is 9.59 Å². The number of piperazine rings is 1. The molecule has 1 saturated heterocycles. The Labute approximate surface area is 168 Å². The van der Waals surface area contributed by atoms with Crippen LogP contribution < -0.4 is 10.5 Å². The second kappa shape index (κ2) is 8.95. The number of rotatable bonds is 5. The van der Waals surface area contributed by atoms with Crippen molar-refractivity contribution in [2.75, 3.05) is 26.2 Å². The molecule has 2 fully saturated rings. The number of hydrogen-bond donors (Lipinski definition) is 1. The SMILES string of the molecule is Cc1ccc(OC(C)C(=O)N2CCN(C(=O)C[C@@H]3CCC[C@H]3N)CC2)c(C)c1. The van der Waals surface area contributed by atoms with Crippen LogP contribution >= 0.6 is 0 Å². The van der Waals surface area contributed by atoms with Crippen molar-refractivity contribution in [1.82, 2.24) is 9.80 Å². The van der Waals surface area contributed by atoms with E-state index in [1.807, 2.05) is 36.9 Å². The molecule has 0 radical (unpaired) electrons. The van der Waals surface area contributed by atoms with Crippen molar-refractivity contribution >= 4 is 11.8 Å². The first-order valence-corrected chi connectivity index (χ1v) is 10.4. The summed E-state index contributed by atoms with van der Waals surface area (Å²) in [5.74, 6) is 1.21. The molecule has 1 aliphatic heterocycles. The third-order valence-corrected chi connectivity index (χ3v) is 6.08. The minimum absolute atomic E-state index is 0.0233. The van der Waals surface area contributed by atoms with Crippen LogP contribution in [0.1, 0.15) is 43.7 Å². The van der Waals surface area contributed by atoms with Crippen molar-refractivity contribution in [3.63, 3.8) is 0 Å². The highest BCUT2D eigenvalue weighted by Crippen LogP contribution is 2.27. The summed E-state index contributed by atoms with van der Waals surface area (Å²) in [5, 5.41) is 0. The highest BCUT2D eigenvalue weighted by Gasteiger charge is 2.31. The maximum atomic E-state index is 12.8. The van der Waals surface area contributed by atoms with Crippen molar-refractivity contribution in [3.05, 3.63) is 29.3 Å². The van der Waals surface area contributed by atoms with Gasteiger partial charge in [-0.05, 0) is 51.2 Å². The molecule has 6 heteroatoms. The highest BCUT2D eigenvalue weighted by molar-refractivity contribution is 5.82. The summed E-state index contributed by atoms with van der Waals surface area (Å²) in [4.78, 5) is 29.0. The molecule has 0 spiro atoms. The Bertz CT molecular complexity index is 713. The van der Waals surface area contributed by atoms with Crippen molar-refractivity contribution < 1.29 is 14.3 Å². The van der Waals surface area contributed by atoms with E-state index in [1.165, 1.54) is 5.56 Å². The quantitative estimate of drug-likeness (QED) is 0.841. The van der Waals surface area contributed by atoms with Crippen LogP contribution in [0.3, 0.4) is 0 Å². The predicted molar refractivity (Wildman–Crippen MR) is 109 cm³/mol. The van der Waals surface area contributed by atoms with Crippen LogP contribution in [0, 0.1) is 19.8 Å². The first-order valence-electron chi connectivity index (χ1n) is 10.4. The molecule has 2 amide bonds. The van der Waals surface area contributed by atoms with Gasteiger partial charge in [-0.2, -0.15) is 0 Å². The summed E-state index contributed by atoms with van der Waals surface area (Å²) >= 11 is 0. The van der Waals surface area contributed by atoms with Crippen molar-refractivity contribution in [2.45, 2.75) is 58.6 Å². The van der Waals surface area contributed by atoms with Crippen LogP contribution in [-0.4, -0.2) is 59.9 Å². The normalized spacial score (nSPS) is 23.6. The number of aryl methyl sites for hydroxylation is 2. The number of nitrogens with zero attached hydrogens (tertiary/aromatic N) is 2. The second-order valence-corrected chi connectivity index (χ2v) is 8.29. The number of carbonyl (C=O) groups excluding carboxylic acids is 2. The van der Waals surface area contributed by atoms with Gasteiger partial charge < -0.3 is 20.3 Å². The summed E-state index contributed by atoms with van der Waals surface area (Å²) in [6.07, 6.45) is 3.21. The van der Waals surface area contributed by atoms with E-state index in [4.69, 9.17) is 10.5 Å². The lowest BCUT2D eigenvalue weighted by molar-refractivity contribution is -0.144. The Morgan fingerprint density at radius 2 is 1.82 bits per heavy atom. The van der Waals surface area contributed by atoms with E-state index in [0.717, 1.165) is 30.6 Å². The standard InChI is InChI=1S/C22H33N3O3/c1-15-7-8-20(16(2)13-15)28-17(3)22(27)25-11-9-24(10-12-25)21(26)14-18-5-4-6-19(18)23/h7-8,13,17-19H,4-6,9-12,14,23H2,1-3H3/t17?,18-,19+/m0/s1. The molecule has 1 aromatic carbocycles. The molecule has 0 aromatic heterocycles. The average molecular weight is 388 g/mol. The molecule has 1 aliphatic carbocycles. The van der Waals surface area contributed by atoms with Gasteiger partial charge in [0.25, 0.3) is 5.91 Å². The van der Waals surface area contributed by atoms with E-state index in [0.29, 0.717) is 38.5 Å². The first kappa shape index (κ1) is 20.6. The van der Waals surface area contributed by atoms with E-state index in [9.17, 15) is 9.59 Å². The number of carbonyl (C=O) groups is 2. The minimum Gasteiger partial charge on any atom is -0.481 e. The van der Waals surface area contributed by atoms with Crippen LogP contribution in [0.15, 0.2) is 18.2 Å². The number of nitrogens with two attached hydrogens (primary N) is 1. The van der Waals surface area contributed by atoms with Gasteiger partial charge in [-0.15, -0.1) is 0 Å². The van der Waals surface area contributed by atoms with Crippen molar-refractivity contribution in [1.29, 1.82) is 0 Å². The van der Waals surface area contributed by atoms with E-state index >= 15 is 0 Å². The zero-order chi connectivity index (χ0) is 20.3. The molecule has 28 heavy (non-hydrogen) atoms. The smallest absolute Gasteiger partial charge is 0.263 e. The Kier molecular flexibility index (Phi) is 6.60.